The summed E-state index contributed by atoms with van der Waals surface area (Å²) in [5.74, 6) is 1.26. The molecule has 2 nitrogen and oxygen atoms in total. The number of hydrogen-bond acceptors (Lipinski definition) is 2. The molecule has 0 amide bonds. The monoisotopic (exact) mass is 373 g/mol. The molecule has 0 saturated heterocycles. The summed E-state index contributed by atoms with van der Waals surface area (Å²) >= 11 is 0. The normalized spacial score (nSPS) is 15.5. The Morgan fingerprint density at radius 3 is 1.92 bits per heavy atom. The van der Waals surface area contributed by atoms with Gasteiger partial charge in [-0.1, -0.05) is 67.6 Å². The van der Waals surface area contributed by atoms with Crippen molar-refractivity contribution in [2.24, 2.45) is 11.8 Å². The first-order chi connectivity index (χ1) is 12.2. The van der Waals surface area contributed by atoms with E-state index in [1.54, 1.807) is 0 Å². The highest BCUT2D eigenvalue weighted by molar-refractivity contribution is 5.85. The average molecular weight is 374 g/mol. The van der Waals surface area contributed by atoms with Crippen molar-refractivity contribution in [3.8, 4) is 0 Å². The van der Waals surface area contributed by atoms with Gasteiger partial charge in [0.25, 0.3) is 0 Å². The lowest BCUT2D eigenvalue weighted by molar-refractivity contribution is -0.0583. The van der Waals surface area contributed by atoms with Crippen LogP contribution in [0.1, 0.15) is 37.8 Å². The fourth-order valence-corrected chi connectivity index (χ4v) is 4.06. The molecule has 0 heterocycles. The van der Waals surface area contributed by atoms with Crippen LogP contribution in [0.4, 0.5) is 0 Å². The minimum Gasteiger partial charge on any atom is -0.365 e. The van der Waals surface area contributed by atoms with Crippen molar-refractivity contribution in [1.82, 2.24) is 4.90 Å². The summed E-state index contributed by atoms with van der Waals surface area (Å²) in [6, 6.07) is 21.5. The predicted octanol–water partition coefficient (Wildman–Crippen LogP) is 5.37. The van der Waals surface area contributed by atoms with E-state index in [0.29, 0.717) is 12.5 Å². The first-order valence-electron chi connectivity index (χ1n) is 9.60. The van der Waals surface area contributed by atoms with E-state index in [2.05, 4.69) is 86.5 Å². The van der Waals surface area contributed by atoms with Crippen LogP contribution in [0.25, 0.3) is 0 Å². The lowest BCUT2D eigenvalue weighted by atomic mass is 9.76. The van der Waals surface area contributed by atoms with E-state index in [1.807, 2.05) is 0 Å². The molecule has 0 spiro atoms. The van der Waals surface area contributed by atoms with Crippen LogP contribution in [0.3, 0.4) is 0 Å². The van der Waals surface area contributed by atoms with E-state index >= 15 is 0 Å². The molecule has 0 radical (unpaired) electrons. The second-order valence-electron chi connectivity index (χ2n) is 7.47. The van der Waals surface area contributed by atoms with Crippen LogP contribution in [0.5, 0.6) is 0 Å². The molecule has 142 valence electrons. The zero-order chi connectivity index (χ0) is 17.7. The van der Waals surface area contributed by atoms with E-state index in [1.165, 1.54) is 30.5 Å². The van der Waals surface area contributed by atoms with Crippen molar-refractivity contribution in [1.29, 1.82) is 0 Å². The lowest BCUT2D eigenvalue weighted by Gasteiger charge is -2.41. The Bertz CT molecular complexity index is 602. The maximum Gasteiger partial charge on any atom is 0.122 e. The van der Waals surface area contributed by atoms with E-state index in [9.17, 15) is 0 Å². The third-order valence-corrected chi connectivity index (χ3v) is 5.32. The molecular formula is C23H32ClNO. The topological polar surface area (TPSA) is 12.5 Å². The molecule has 1 atom stereocenters. The molecule has 26 heavy (non-hydrogen) atoms. The van der Waals surface area contributed by atoms with Crippen LogP contribution in [0, 0.1) is 11.8 Å². The highest BCUT2D eigenvalue weighted by Gasteiger charge is 2.41. The molecule has 0 aromatic heterocycles. The standard InChI is InChI=1S/C23H31NO.ClH/c1-4-25-23(21-11-7-5-8-12-21,22-13-9-6-10-14-22)19(2)17-24(3)18-20-15-16-20;/h5-14,19-20H,4,15-18H2,1-3H3;1H. The minimum atomic E-state index is -0.408. The Morgan fingerprint density at radius 1 is 1.00 bits per heavy atom. The molecule has 0 bridgehead atoms. The third-order valence-electron chi connectivity index (χ3n) is 5.32. The van der Waals surface area contributed by atoms with Gasteiger partial charge in [-0.25, -0.2) is 0 Å². The van der Waals surface area contributed by atoms with Crippen LogP contribution in [-0.4, -0.2) is 31.6 Å². The van der Waals surface area contributed by atoms with Crippen molar-refractivity contribution in [3.63, 3.8) is 0 Å². The molecule has 0 N–H and O–H groups in total. The largest absolute Gasteiger partial charge is 0.365 e. The highest BCUT2D eigenvalue weighted by atomic mass is 35.5. The molecular weight excluding hydrogens is 342 g/mol. The molecule has 1 aliphatic carbocycles. The van der Waals surface area contributed by atoms with Gasteiger partial charge in [0.05, 0.1) is 0 Å². The molecule has 2 aromatic rings. The maximum absolute atomic E-state index is 6.56. The maximum atomic E-state index is 6.56. The zero-order valence-corrected chi connectivity index (χ0v) is 17.0. The van der Waals surface area contributed by atoms with Crippen molar-refractivity contribution in [2.75, 3.05) is 26.7 Å². The minimum absolute atomic E-state index is 0. The second-order valence-corrected chi connectivity index (χ2v) is 7.47. The van der Waals surface area contributed by atoms with Crippen LogP contribution < -0.4 is 0 Å². The average Bonchev–Trinajstić information content (AvgIpc) is 3.45. The molecule has 2 aromatic carbocycles. The summed E-state index contributed by atoms with van der Waals surface area (Å²) in [6.45, 7) is 7.36. The summed E-state index contributed by atoms with van der Waals surface area (Å²) in [5, 5.41) is 0. The number of halogens is 1. The molecule has 1 saturated carbocycles. The van der Waals surface area contributed by atoms with Gasteiger partial charge in [0.1, 0.15) is 5.60 Å². The van der Waals surface area contributed by atoms with Crippen LogP contribution in [0.15, 0.2) is 60.7 Å². The highest BCUT2D eigenvalue weighted by Crippen LogP contribution is 2.41. The van der Waals surface area contributed by atoms with Gasteiger partial charge in [-0.3, -0.25) is 0 Å². The molecule has 1 fully saturated rings. The number of ether oxygens (including phenoxy) is 1. The van der Waals surface area contributed by atoms with Crippen molar-refractivity contribution < 1.29 is 4.74 Å². The quantitative estimate of drug-likeness (QED) is 0.586. The SMILES string of the molecule is CCOC(c1ccccc1)(c1ccccc1)C(C)CN(C)CC1CC1.Cl. The number of nitrogens with zero attached hydrogens (tertiary/aromatic N) is 1. The van der Waals surface area contributed by atoms with E-state index < -0.39 is 5.60 Å². The smallest absolute Gasteiger partial charge is 0.122 e. The molecule has 3 rings (SSSR count). The predicted molar refractivity (Wildman–Crippen MR) is 112 cm³/mol. The van der Waals surface area contributed by atoms with Crippen molar-refractivity contribution in [2.45, 2.75) is 32.3 Å². The Balaban J connectivity index is 0.00000243. The van der Waals surface area contributed by atoms with Crippen LogP contribution >= 0.6 is 12.4 Å². The van der Waals surface area contributed by atoms with Gasteiger partial charge in [0.2, 0.25) is 0 Å². The Morgan fingerprint density at radius 2 is 1.50 bits per heavy atom. The first-order valence-corrected chi connectivity index (χ1v) is 9.60. The van der Waals surface area contributed by atoms with Gasteiger partial charge in [-0.2, -0.15) is 0 Å². The van der Waals surface area contributed by atoms with E-state index in [4.69, 9.17) is 4.74 Å². The third kappa shape index (κ3) is 4.68. The lowest BCUT2D eigenvalue weighted by Crippen LogP contribution is -2.43. The molecule has 0 aliphatic heterocycles. The summed E-state index contributed by atoms with van der Waals surface area (Å²) in [5.41, 5.74) is 2.08. The summed E-state index contributed by atoms with van der Waals surface area (Å²) < 4.78 is 6.56. The number of hydrogen-bond donors (Lipinski definition) is 0. The van der Waals surface area contributed by atoms with Gasteiger partial charge in [0.15, 0.2) is 0 Å². The zero-order valence-electron chi connectivity index (χ0n) is 16.2. The van der Waals surface area contributed by atoms with Crippen LogP contribution in [0.2, 0.25) is 0 Å². The second kappa shape index (κ2) is 9.55. The van der Waals surface area contributed by atoms with Gasteiger partial charge < -0.3 is 9.64 Å². The molecule has 3 heteroatoms. The fraction of sp³-hybridized carbons (Fsp3) is 0.478. The van der Waals surface area contributed by atoms with Gasteiger partial charge in [0, 0.05) is 25.6 Å². The Hall–Kier alpha value is -1.35. The van der Waals surface area contributed by atoms with Gasteiger partial charge in [-0.15, -0.1) is 12.4 Å². The Labute approximate surface area is 165 Å². The van der Waals surface area contributed by atoms with Gasteiger partial charge >= 0.3 is 0 Å². The summed E-state index contributed by atoms with van der Waals surface area (Å²) in [6.07, 6.45) is 2.79. The number of rotatable bonds is 9. The van der Waals surface area contributed by atoms with Crippen LogP contribution in [-0.2, 0) is 10.3 Å². The summed E-state index contributed by atoms with van der Waals surface area (Å²) in [7, 11) is 2.25. The Kier molecular flexibility index (Phi) is 7.69. The van der Waals surface area contributed by atoms with E-state index in [0.717, 1.165) is 12.5 Å². The van der Waals surface area contributed by atoms with Crippen molar-refractivity contribution >= 4 is 12.4 Å². The number of benzene rings is 2. The van der Waals surface area contributed by atoms with Crippen molar-refractivity contribution in [3.05, 3.63) is 71.8 Å². The molecule has 1 aliphatic rings. The fourth-order valence-electron chi connectivity index (χ4n) is 4.06. The van der Waals surface area contributed by atoms with Gasteiger partial charge in [-0.05, 0) is 43.9 Å². The van der Waals surface area contributed by atoms with E-state index in [-0.39, 0.29) is 12.4 Å². The first kappa shape index (κ1) is 21.0. The molecule has 1 unspecified atom stereocenters. The summed E-state index contributed by atoms with van der Waals surface area (Å²) in [4.78, 5) is 2.49.